The van der Waals surface area contributed by atoms with Crippen molar-refractivity contribution in [2.45, 2.75) is 58.5 Å². The summed E-state index contributed by atoms with van der Waals surface area (Å²) in [5.41, 5.74) is 2.21. The number of hydrogen-bond acceptors (Lipinski definition) is 5. The molecule has 2 rings (SSSR count). The topological polar surface area (TPSA) is 55.6 Å². The van der Waals surface area contributed by atoms with Crippen LogP contribution in [0.1, 0.15) is 68.4 Å². The quantitative estimate of drug-likeness (QED) is 0.852. The van der Waals surface area contributed by atoms with Gasteiger partial charge in [0.15, 0.2) is 0 Å². The molecule has 2 atom stereocenters. The largest absolute Gasteiger partial charge is 0.312 e. The van der Waals surface area contributed by atoms with Gasteiger partial charge in [-0.05, 0) is 43.9 Å². The maximum atomic E-state index is 4.69. The van der Waals surface area contributed by atoms with E-state index in [0.717, 1.165) is 24.2 Å². The smallest absolute Gasteiger partial charge is 0.0829 e. The van der Waals surface area contributed by atoms with Crippen molar-refractivity contribution < 1.29 is 0 Å². The molecule has 2 aromatic rings. The molecule has 0 aromatic carbocycles. The lowest BCUT2D eigenvalue weighted by Crippen LogP contribution is -2.20. The Hall–Kier alpha value is -1.27. The molecule has 0 fully saturated rings. The van der Waals surface area contributed by atoms with E-state index in [4.69, 9.17) is 5.10 Å². The van der Waals surface area contributed by atoms with Crippen molar-refractivity contribution >= 4 is 11.5 Å². The first-order valence-electron chi connectivity index (χ1n) is 7.60. The van der Waals surface area contributed by atoms with E-state index < -0.39 is 0 Å². The van der Waals surface area contributed by atoms with E-state index in [1.165, 1.54) is 16.4 Å². The maximum absolute atomic E-state index is 4.69. The Morgan fingerprint density at radius 3 is 2.71 bits per heavy atom. The predicted molar refractivity (Wildman–Crippen MR) is 86.7 cm³/mol. The highest BCUT2D eigenvalue weighted by molar-refractivity contribution is 7.05. The fraction of sp³-hybridized carbons (Fsp3) is 0.667. The molecular formula is C15H25N5S. The third-order valence-corrected chi connectivity index (χ3v) is 4.72. The minimum atomic E-state index is 0.225. The van der Waals surface area contributed by atoms with Gasteiger partial charge in [0.05, 0.1) is 22.3 Å². The van der Waals surface area contributed by atoms with Gasteiger partial charge in [0.1, 0.15) is 0 Å². The summed E-state index contributed by atoms with van der Waals surface area (Å²) in [4.78, 5) is 1.23. The van der Waals surface area contributed by atoms with Crippen LogP contribution in [0.2, 0.25) is 0 Å². The van der Waals surface area contributed by atoms with Crippen LogP contribution in [0.5, 0.6) is 0 Å². The van der Waals surface area contributed by atoms with Crippen LogP contribution in [0, 0.1) is 0 Å². The Morgan fingerprint density at radius 1 is 1.33 bits per heavy atom. The second-order valence-electron chi connectivity index (χ2n) is 5.77. The molecule has 0 aliphatic carbocycles. The summed E-state index contributed by atoms with van der Waals surface area (Å²) < 4.78 is 6.18. The van der Waals surface area contributed by atoms with Crippen molar-refractivity contribution in [2.75, 3.05) is 7.05 Å². The highest BCUT2D eigenvalue weighted by atomic mass is 32.1. The zero-order valence-electron chi connectivity index (χ0n) is 13.5. The van der Waals surface area contributed by atoms with Crippen molar-refractivity contribution in [3.63, 3.8) is 0 Å². The Balaban J connectivity index is 2.15. The third-order valence-electron chi connectivity index (χ3n) is 3.87. The zero-order valence-corrected chi connectivity index (χ0v) is 14.3. The fourth-order valence-corrected chi connectivity index (χ4v) is 3.22. The van der Waals surface area contributed by atoms with Gasteiger partial charge in [0, 0.05) is 18.7 Å². The van der Waals surface area contributed by atoms with Gasteiger partial charge >= 0.3 is 0 Å². The molecule has 0 spiro atoms. The molecule has 0 amide bonds. The average molecular weight is 307 g/mol. The van der Waals surface area contributed by atoms with E-state index in [1.807, 2.05) is 7.05 Å². The van der Waals surface area contributed by atoms with E-state index in [9.17, 15) is 0 Å². The maximum Gasteiger partial charge on any atom is 0.0829 e. The molecule has 0 aliphatic heterocycles. The number of nitrogens with zero attached hydrogens (tertiary/aromatic N) is 4. The van der Waals surface area contributed by atoms with Crippen LogP contribution in [0.3, 0.4) is 0 Å². The molecule has 0 saturated heterocycles. The molecule has 21 heavy (non-hydrogen) atoms. The van der Waals surface area contributed by atoms with E-state index in [2.05, 4.69) is 59.5 Å². The Morgan fingerprint density at radius 2 is 2.10 bits per heavy atom. The van der Waals surface area contributed by atoms with Crippen LogP contribution in [-0.4, -0.2) is 26.4 Å². The predicted octanol–water partition coefficient (Wildman–Crippen LogP) is 3.33. The summed E-state index contributed by atoms with van der Waals surface area (Å²) >= 11 is 1.49. The van der Waals surface area contributed by atoms with Gasteiger partial charge in [-0.3, -0.25) is 4.68 Å². The summed E-state index contributed by atoms with van der Waals surface area (Å²) in [6.45, 7) is 8.69. The molecule has 0 saturated carbocycles. The lowest BCUT2D eigenvalue weighted by atomic mass is 10.0. The highest BCUT2D eigenvalue weighted by Gasteiger charge is 2.21. The minimum absolute atomic E-state index is 0.225. The molecule has 2 unspecified atom stereocenters. The number of aromatic nitrogens is 4. The number of likely N-dealkylation sites (N-methyl/N-ethyl adjacent to an activating group) is 1. The molecule has 2 aromatic heterocycles. The van der Waals surface area contributed by atoms with Crippen molar-refractivity contribution in [1.82, 2.24) is 24.7 Å². The summed E-state index contributed by atoms with van der Waals surface area (Å²) in [5, 5.41) is 12.4. The van der Waals surface area contributed by atoms with E-state index in [-0.39, 0.29) is 6.04 Å². The molecule has 0 radical (unpaired) electrons. The van der Waals surface area contributed by atoms with Gasteiger partial charge in [0.25, 0.3) is 0 Å². The van der Waals surface area contributed by atoms with Gasteiger partial charge in [-0.15, -0.1) is 5.10 Å². The van der Waals surface area contributed by atoms with Crippen molar-refractivity contribution in [3.8, 4) is 0 Å². The Bertz CT molecular complexity index is 560. The summed E-state index contributed by atoms with van der Waals surface area (Å²) in [5.74, 6) is 0.396. The monoisotopic (exact) mass is 307 g/mol. The number of hydrogen-bond donors (Lipinski definition) is 1. The molecule has 116 valence electrons. The summed E-state index contributed by atoms with van der Waals surface area (Å²) in [6, 6.07) is 2.78. The van der Waals surface area contributed by atoms with Crippen molar-refractivity contribution in [2.24, 2.45) is 0 Å². The molecule has 0 aliphatic rings. The van der Waals surface area contributed by atoms with Crippen LogP contribution < -0.4 is 5.32 Å². The summed E-state index contributed by atoms with van der Waals surface area (Å²) in [6.07, 6.45) is 4.03. The SMILES string of the molecule is CCC(C)n1ccc(CC(NC)c2snnc2C(C)C)n1. The Kier molecular flexibility index (Phi) is 5.47. The molecule has 0 bridgehead atoms. The average Bonchev–Trinajstić information content (AvgIpc) is 3.12. The minimum Gasteiger partial charge on any atom is -0.312 e. The molecule has 6 heteroatoms. The summed E-state index contributed by atoms with van der Waals surface area (Å²) in [7, 11) is 1.99. The van der Waals surface area contributed by atoms with Crippen LogP contribution in [0.25, 0.3) is 0 Å². The second-order valence-corrected chi connectivity index (χ2v) is 6.55. The highest BCUT2D eigenvalue weighted by Crippen LogP contribution is 2.28. The van der Waals surface area contributed by atoms with Crippen molar-refractivity contribution in [3.05, 3.63) is 28.5 Å². The first kappa shape index (κ1) is 16.1. The Labute approximate surface area is 130 Å². The standard InChI is InChI=1S/C15H25N5S/c1-6-11(4)20-8-7-12(18-20)9-13(16-5)15-14(10(2)3)17-19-21-15/h7-8,10-11,13,16H,6,9H2,1-5H3. The van der Waals surface area contributed by atoms with E-state index >= 15 is 0 Å². The number of nitrogens with one attached hydrogen (secondary N) is 1. The zero-order chi connectivity index (χ0) is 15.4. The van der Waals surface area contributed by atoms with Crippen LogP contribution >= 0.6 is 11.5 Å². The fourth-order valence-electron chi connectivity index (χ4n) is 2.30. The van der Waals surface area contributed by atoms with Crippen molar-refractivity contribution in [1.29, 1.82) is 0 Å². The van der Waals surface area contributed by atoms with E-state index in [1.54, 1.807) is 0 Å². The normalized spacial score (nSPS) is 14.6. The van der Waals surface area contributed by atoms with Gasteiger partial charge in [-0.1, -0.05) is 25.3 Å². The third kappa shape index (κ3) is 3.68. The first-order chi connectivity index (χ1) is 10.1. The lowest BCUT2D eigenvalue weighted by Gasteiger charge is -2.15. The van der Waals surface area contributed by atoms with Gasteiger partial charge in [-0.25, -0.2) is 0 Å². The molecule has 5 nitrogen and oxygen atoms in total. The van der Waals surface area contributed by atoms with Gasteiger partial charge in [0.2, 0.25) is 0 Å². The van der Waals surface area contributed by atoms with Gasteiger partial charge < -0.3 is 5.32 Å². The lowest BCUT2D eigenvalue weighted by molar-refractivity contribution is 0.469. The van der Waals surface area contributed by atoms with Gasteiger partial charge in [-0.2, -0.15) is 5.10 Å². The molecule has 2 heterocycles. The first-order valence-corrected chi connectivity index (χ1v) is 8.37. The van der Waals surface area contributed by atoms with Crippen LogP contribution in [-0.2, 0) is 6.42 Å². The second kappa shape index (κ2) is 7.13. The molecule has 1 N–H and O–H groups in total. The van der Waals surface area contributed by atoms with Crippen LogP contribution in [0.4, 0.5) is 0 Å². The number of rotatable bonds is 7. The van der Waals surface area contributed by atoms with E-state index in [0.29, 0.717) is 12.0 Å². The molecular weight excluding hydrogens is 282 g/mol. The van der Waals surface area contributed by atoms with Crippen LogP contribution in [0.15, 0.2) is 12.3 Å².